The van der Waals surface area contributed by atoms with Gasteiger partial charge in [0.1, 0.15) is 11.6 Å². The van der Waals surface area contributed by atoms with Crippen LogP contribution >= 0.6 is 0 Å². The van der Waals surface area contributed by atoms with E-state index in [1.54, 1.807) is 30.5 Å². The van der Waals surface area contributed by atoms with Crippen molar-refractivity contribution in [2.75, 3.05) is 17.1 Å². The van der Waals surface area contributed by atoms with Crippen molar-refractivity contribution < 1.29 is 13.2 Å². The largest absolute Gasteiger partial charge is 0.497 e. The van der Waals surface area contributed by atoms with Crippen LogP contribution in [0.2, 0.25) is 0 Å². The van der Waals surface area contributed by atoms with Crippen LogP contribution in [0.25, 0.3) is 0 Å². The van der Waals surface area contributed by atoms with Gasteiger partial charge in [0.15, 0.2) is 0 Å². The van der Waals surface area contributed by atoms with Gasteiger partial charge >= 0.3 is 0 Å². The Morgan fingerprint density at radius 3 is 2.44 bits per heavy atom. The number of nitrogens with one attached hydrogen (secondary N) is 2. The summed E-state index contributed by atoms with van der Waals surface area (Å²) in [4.78, 5) is 4.32. The first kappa shape index (κ1) is 18.7. The molecule has 0 fully saturated rings. The zero-order chi connectivity index (χ0) is 19.3. The maximum atomic E-state index is 12.4. The third-order valence-electron chi connectivity index (χ3n) is 3.95. The molecule has 0 amide bonds. The van der Waals surface area contributed by atoms with Gasteiger partial charge in [-0.2, -0.15) is 0 Å². The van der Waals surface area contributed by atoms with Crippen molar-refractivity contribution in [3.63, 3.8) is 0 Å². The smallest absolute Gasteiger partial charge is 0.263 e. The summed E-state index contributed by atoms with van der Waals surface area (Å²) < 4.78 is 32.4. The fourth-order valence-corrected chi connectivity index (χ4v) is 3.54. The zero-order valence-corrected chi connectivity index (χ0v) is 16.0. The van der Waals surface area contributed by atoms with Gasteiger partial charge in [0, 0.05) is 6.54 Å². The predicted octanol–water partition coefficient (Wildman–Crippen LogP) is 3.81. The van der Waals surface area contributed by atoms with Gasteiger partial charge in [-0.3, -0.25) is 4.72 Å². The molecule has 0 atom stereocenters. The molecule has 0 radical (unpaired) electrons. The minimum Gasteiger partial charge on any atom is -0.497 e. The molecule has 0 unspecified atom stereocenters. The van der Waals surface area contributed by atoms with Crippen LogP contribution in [0.1, 0.15) is 11.1 Å². The predicted molar refractivity (Wildman–Crippen MR) is 107 cm³/mol. The van der Waals surface area contributed by atoms with Crippen molar-refractivity contribution in [1.82, 2.24) is 4.98 Å². The second-order valence-electron chi connectivity index (χ2n) is 6.06. The molecule has 3 aromatic rings. The van der Waals surface area contributed by atoms with Crippen LogP contribution in [0, 0.1) is 6.92 Å². The average molecular weight is 383 g/mol. The zero-order valence-electron chi connectivity index (χ0n) is 15.1. The molecule has 0 saturated carbocycles. The Morgan fingerprint density at radius 1 is 1.04 bits per heavy atom. The molecule has 27 heavy (non-hydrogen) atoms. The summed E-state index contributed by atoms with van der Waals surface area (Å²) in [5.74, 6) is 0.850. The molecule has 2 N–H and O–H groups in total. The first-order valence-electron chi connectivity index (χ1n) is 8.38. The van der Waals surface area contributed by atoms with E-state index in [-0.39, 0.29) is 10.7 Å². The molecule has 0 spiro atoms. The van der Waals surface area contributed by atoms with Crippen molar-refractivity contribution in [2.24, 2.45) is 0 Å². The van der Waals surface area contributed by atoms with Crippen LogP contribution in [0.4, 0.5) is 11.5 Å². The first-order valence-corrected chi connectivity index (χ1v) is 9.87. The minimum absolute atomic E-state index is 0.145. The monoisotopic (exact) mass is 383 g/mol. The van der Waals surface area contributed by atoms with Gasteiger partial charge < -0.3 is 10.1 Å². The Kier molecular flexibility index (Phi) is 5.61. The maximum Gasteiger partial charge on any atom is 0.263 e. The van der Waals surface area contributed by atoms with E-state index in [0.29, 0.717) is 12.3 Å². The number of hydrogen-bond donors (Lipinski definition) is 2. The third kappa shape index (κ3) is 4.98. The highest BCUT2D eigenvalue weighted by Crippen LogP contribution is 2.19. The summed E-state index contributed by atoms with van der Waals surface area (Å²) >= 11 is 0. The lowest BCUT2D eigenvalue weighted by Crippen LogP contribution is -2.14. The molecule has 1 heterocycles. The highest BCUT2D eigenvalue weighted by Gasteiger charge is 2.14. The van der Waals surface area contributed by atoms with Crippen LogP contribution in [-0.4, -0.2) is 20.5 Å². The van der Waals surface area contributed by atoms with E-state index in [2.05, 4.69) is 34.1 Å². The van der Waals surface area contributed by atoms with Crippen LogP contribution in [-0.2, 0) is 16.6 Å². The number of pyridine rings is 1. The number of sulfonamides is 1. The molecule has 6 nitrogen and oxygen atoms in total. The number of rotatable bonds is 7. The lowest BCUT2D eigenvalue weighted by molar-refractivity contribution is 0.414. The number of nitrogens with zero attached hydrogens (tertiary/aromatic N) is 1. The second-order valence-corrected chi connectivity index (χ2v) is 7.74. The molecule has 0 aliphatic carbocycles. The molecule has 2 aromatic carbocycles. The highest BCUT2D eigenvalue weighted by molar-refractivity contribution is 7.92. The fraction of sp³-hybridized carbons (Fsp3) is 0.150. The molecular formula is C20H21N3O3S. The lowest BCUT2D eigenvalue weighted by atomic mass is 10.1. The van der Waals surface area contributed by atoms with Crippen molar-refractivity contribution >= 4 is 21.5 Å². The number of anilines is 2. The summed E-state index contributed by atoms with van der Waals surface area (Å²) in [7, 11) is -2.17. The van der Waals surface area contributed by atoms with Crippen LogP contribution in [0.5, 0.6) is 5.75 Å². The molecule has 0 aliphatic heterocycles. The number of aromatic nitrogens is 1. The normalized spacial score (nSPS) is 11.0. The van der Waals surface area contributed by atoms with E-state index in [4.69, 9.17) is 4.74 Å². The molecule has 0 saturated heterocycles. The van der Waals surface area contributed by atoms with Gasteiger partial charge in [0.25, 0.3) is 10.0 Å². The molecule has 7 heteroatoms. The Labute approximate surface area is 159 Å². The van der Waals surface area contributed by atoms with Crippen LogP contribution in [0.15, 0.2) is 71.8 Å². The Bertz CT molecular complexity index is 1000. The number of ether oxygens (including phenoxy) is 1. The SMILES string of the molecule is COc1ccc(S(=O)(=O)Nc2ccc(NCc3cccc(C)c3)cn2)cc1. The molecule has 1 aromatic heterocycles. The maximum absolute atomic E-state index is 12.4. The van der Waals surface area contributed by atoms with Crippen LogP contribution < -0.4 is 14.8 Å². The Balaban J connectivity index is 1.64. The van der Waals surface area contributed by atoms with E-state index in [1.165, 1.54) is 30.4 Å². The van der Waals surface area contributed by atoms with E-state index >= 15 is 0 Å². The number of benzene rings is 2. The summed E-state index contributed by atoms with van der Waals surface area (Å²) in [6.45, 7) is 2.72. The van der Waals surface area contributed by atoms with E-state index in [1.807, 2.05) is 12.1 Å². The molecular weight excluding hydrogens is 362 g/mol. The molecule has 140 valence electrons. The quantitative estimate of drug-likeness (QED) is 0.648. The summed E-state index contributed by atoms with van der Waals surface area (Å²) in [6, 6.07) is 17.8. The van der Waals surface area contributed by atoms with Crippen molar-refractivity contribution in [3.05, 3.63) is 78.0 Å². The number of aryl methyl sites for hydroxylation is 1. The fourth-order valence-electron chi connectivity index (χ4n) is 2.54. The van der Waals surface area contributed by atoms with Gasteiger partial charge in [-0.1, -0.05) is 29.8 Å². The topological polar surface area (TPSA) is 80.3 Å². The van der Waals surface area contributed by atoms with Gasteiger partial charge in [-0.15, -0.1) is 0 Å². The van der Waals surface area contributed by atoms with Crippen LogP contribution in [0.3, 0.4) is 0 Å². The van der Waals surface area contributed by atoms with Crippen molar-refractivity contribution in [2.45, 2.75) is 18.4 Å². The molecule has 0 aliphatic rings. The highest BCUT2D eigenvalue weighted by atomic mass is 32.2. The Morgan fingerprint density at radius 2 is 1.81 bits per heavy atom. The average Bonchev–Trinajstić information content (AvgIpc) is 2.67. The lowest BCUT2D eigenvalue weighted by Gasteiger charge is -2.10. The van der Waals surface area contributed by atoms with Gasteiger partial charge in [0.05, 0.1) is 23.9 Å². The number of hydrogen-bond acceptors (Lipinski definition) is 5. The molecule has 0 bridgehead atoms. The molecule has 3 rings (SSSR count). The van der Waals surface area contributed by atoms with Crippen molar-refractivity contribution in [3.8, 4) is 5.75 Å². The first-order chi connectivity index (χ1) is 13.0. The summed E-state index contributed by atoms with van der Waals surface area (Å²) in [5, 5.41) is 3.27. The minimum atomic E-state index is -3.70. The van der Waals surface area contributed by atoms with Gasteiger partial charge in [-0.05, 0) is 48.9 Å². The number of methoxy groups -OCH3 is 1. The summed E-state index contributed by atoms with van der Waals surface area (Å²) in [6.07, 6.45) is 1.60. The van der Waals surface area contributed by atoms with E-state index < -0.39 is 10.0 Å². The van der Waals surface area contributed by atoms with E-state index in [0.717, 1.165) is 5.69 Å². The Hall–Kier alpha value is -3.06. The second kappa shape index (κ2) is 8.09. The standard InChI is InChI=1S/C20H21N3O3S/c1-15-4-3-5-16(12-15)13-21-17-6-11-20(22-14-17)23-27(24,25)19-9-7-18(26-2)8-10-19/h3-12,14,21H,13H2,1-2H3,(H,22,23). The third-order valence-corrected chi connectivity index (χ3v) is 5.32. The van der Waals surface area contributed by atoms with Gasteiger partial charge in [0.2, 0.25) is 0 Å². The van der Waals surface area contributed by atoms with Gasteiger partial charge in [-0.25, -0.2) is 13.4 Å². The van der Waals surface area contributed by atoms with Crippen molar-refractivity contribution in [1.29, 1.82) is 0 Å². The summed E-state index contributed by atoms with van der Waals surface area (Å²) in [5.41, 5.74) is 3.18. The van der Waals surface area contributed by atoms with E-state index in [9.17, 15) is 8.42 Å².